The SMILES string of the molecule is C=C(C)[C@@H]1CC[C@]2(NCCN3CCSCC3)CC[C@]3(C)[C@H](CC[C@@H]4[C@@]5(C)CC=C(C6(CC)C=CCCC6(COc6cccnn6)C(=O)O)C(C)(C)[C@@H]5CC[C@]43C)[C@@H]12. The molecule has 8 rings (SSSR count). The maximum Gasteiger partial charge on any atom is 0.314 e. The molecule has 7 aliphatic rings. The largest absolute Gasteiger partial charge is 0.481 e. The van der Waals surface area contributed by atoms with Crippen molar-refractivity contribution in [2.45, 2.75) is 131 Å². The van der Waals surface area contributed by atoms with Crippen LogP contribution < -0.4 is 10.1 Å². The molecule has 0 spiro atoms. The molecule has 1 aromatic rings. The summed E-state index contributed by atoms with van der Waals surface area (Å²) in [5.41, 5.74) is 1.74. The van der Waals surface area contributed by atoms with Crippen LogP contribution >= 0.6 is 11.8 Å². The summed E-state index contributed by atoms with van der Waals surface area (Å²) in [5.74, 6) is 5.27. The summed E-state index contributed by atoms with van der Waals surface area (Å²) >= 11 is 2.11. The lowest BCUT2D eigenvalue weighted by molar-refractivity contribution is -0.222. The number of nitrogens with zero attached hydrogens (tertiary/aromatic N) is 3. The third kappa shape index (κ3) is 6.19. The standard InChI is InChI=1S/C49H74N4O3S/c1-9-47(19-10-11-20-48(47,42(54)55)33-56-40-13-12-26-51-52-40)38-17-21-44(6)37(43(38,4)5)18-22-46(8)39(44)15-14-36-41-35(34(2)3)16-23-49(41,25-24-45(36,46)7)50-27-28-53-29-31-57-32-30-53/h10,12-13,17,19,26,35-37,39,41,50H,2,9,11,14-16,18,20-25,27-33H2,1,3-8H3,(H,54,55)/t35-,36+,37-,39+,41+,44-,45+,46+,47?,48?,49-/m0/s1. The Morgan fingerprint density at radius 2 is 1.81 bits per heavy atom. The smallest absolute Gasteiger partial charge is 0.314 e. The molecular formula is C49H74N4O3S. The molecule has 4 saturated carbocycles. The van der Waals surface area contributed by atoms with Gasteiger partial charge in [0.05, 0.1) is 0 Å². The number of aliphatic carboxylic acids is 1. The third-order valence-corrected chi connectivity index (χ3v) is 20.1. The highest BCUT2D eigenvalue weighted by Gasteiger charge is 2.71. The molecule has 314 valence electrons. The summed E-state index contributed by atoms with van der Waals surface area (Å²) < 4.78 is 6.28. The predicted molar refractivity (Wildman–Crippen MR) is 233 cm³/mol. The van der Waals surface area contributed by atoms with Crippen LogP contribution in [0.4, 0.5) is 0 Å². The van der Waals surface area contributed by atoms with Gasteiger partial charge in [-0.2, -0.15) is 16.9 Å². The molecule has 1 saturated heterocycles. The molecule has 0 aromatic carbocycles. The number of thioether (sulfide) groups is 1. The number of carbonyl (C=O) groups is 1. The van der Waals surface area contributed by atoms with E-state index in [0.717, 1.165) is 25.8 Å². The van der Waals surface area contributed by atoms with E-state index in [1.165, 1.54) is 93.7 Å². The number of hydrogen-bond acceptors (Lipinski definition) is 7. The fraction of sp³-hybridized carbons (Fsp3) is 0.776. The van der Waals surface area contributed by atoms with Crippen LogP contribution in [0.25, 0.3) is 0 Å². The van der Waals surface area contributed by atoms with Crippen molar-refractivity contribution in [3.63, 3.8) is 0 Å². The van der Waals surface area contributed by atoms with Gasteiger partial charge in [-0.1, -0.05) is 77.5 Å². The van der Waals surface area contributed by atoms with Gasteiger partial charge in [-0.3, -0.25) is 4.79 Å². The minimum atomic E-state index is -1.10. The lowest BCUT2D eigenvalue weighted by Crippen LogP contribution is -2.68. The summed E-state index contributed by atoms with van der Waals surface area (Å²) in [6.07, 6.45) is 22.0. The molecule has 7 nitrogen and oxygen atoms in total. The summed E-state index contributed by atoms with van der Waals surface area (Å²) in [7, 11) is 0. The number of fused-ring (bicyclic) bond motifs is 7. The van der Waals surface area contributed by atoms with Crippen molar-refractivity contribution in [1.82, 2.24) is 20.4 Å². The van der Waals surface area contributed by atoms with Crippen LogP contribution in [-0.2, 0) is 4.79 Å². The van der Waals surface area contributed by atoms with Crippen molar-refractivity contribution < 1.29 is 14.6 Å². The second-order valence-corrected chi connectivity index (χ2v) is 22.5. The van der Waals surface area contributed by atoms with Gasteiger partial charge in [-0.25, -0.2) is 0 Å². The van der Waals surface area contributed by atoms with Gasteiger partial charge in [0.2, 0.25) is 5.88 Å². The molecule has 8 heteroatoms. The fourth-order valence-electron chi connectivity index (χ4n) is 16.2. The fourth-order valence-corrected chi connectivity index (χ4v) is 17.2. The number of hydrogen-bond donors (Lipinski definition) is 2. The zero-order chi connectivity index (χ0) is 40.5. The molecule has 2 unspecified atom stereocenters. The summed E-state index contributed by atoms with van der Waals surface area (Å²) in [5, 5.41) is 23.8. The first kappa shape index (κ1) is 41.6. The number of nitrogens with one attached hydrogen (secondary N) is 1. The number of carboxylic acids is 1. The highest BCUT2D eigenvalue weighted by molar-refractivity contribution is 7.99. The molecule has 5 fully saturated rings. The molecule has 1 aromatic heterocycles. The van der Waals surface area contributed by atoms with E-state index in [2.05, 4.69) is 105 Å². The summed E-state index contributed by atoms with van der Waals surface area (Å²) in [4.78, 5) is 16.5. The van der Waals surface area contributed by atoms with Gasteiger partial charge < -0.3 is 20.1 Å². The molecule has 2 N–H and O–H groups in total. The average Bonchev–Trinajstić information content (AvgIpc) is 3.58. The minimum absolute atomic E-state index is 0.0785. The van der Waals surface area contributed by atoms with Gasteiger partial charge >= 0.3 is 5.97 Å². The molecule has 6 aliphatic carbocycles. The van der Waals surface area contributed by atoms with Crippen molar-refractivity contribution in [2.75, 3.05) is 44.3 Å². The van der Waals surface area contributed by atoms with Gasteiger partial charge in [-0.15, -0.1) is 5.10 Å². The van der Waals surface area contributed by atoms with Crippen LogP contribution in [0.1, 0.15) is 126 Å². The van der Waals surface area contributed by atoms with Crippen LogP contribution in [0.2, 0.25) is 0 Å². The number of carboxylic acid groups (broad SMARTS) is 1. The van der Waals surface area contributed by atoms with E-state index in [9.17, 15) is 9.90 Å². The molecule has 2 heterocycles. The maximum absolute atomic E-state index is 13.8. The molecule has 57 heavy (non-hydrogen) atoms. The summed E-state index contributed by atoms with van der Waals surface area (Å²) in [6.45, 7) is 27.1. The number of ether oxygens (including phenoxy) is 1. The Hall–Kier alpha value is -2.16. The van der Waals surface area contributed by atoms with Crippen molar-refractivity contribution in [3.05, 3.63) is 54.3 Å². The van der Waals surface area contributed by atoms with Crippen LogP contribution in [0.5, 0.6) is 5.88 Å². The second-order valence-electron chi connectivity index (χ2n) is 21.3. The minimum Gasteiger partial charge on any atom is -0.481 e. The van der Waals surface area contributed by atoms with E-state index >= 15 is 0 Å². The Kier molecular flexibility index (Phi) is 11.0. The highest BCUT2D eigenvalue weighted by atomic mass is 32.2. The third-order valence-electron chi connectivity index (χ3n) is 19.1. The highest BCUT2D eigenvalue weighted by Crippen LogP contribution is 2.77. The predicted octanol–water partition coefficient (Wildman–Crippen LogP) is 10.3. The summed E-state index contributed by atoms with van der Waals surface area (Å²) in [6, 6.07) is 3.58. The van der Waals surface area contributed by atoms with Crippen LogP contribution in [0.15, 0.2) is 54.3 Å². The van der Waals surface area contributed by atoms with Gasteiger partial charge in [-0.05, 0) is 141 Å². The number of allylic oxidation sites excluding steroid dienone is 5. The molecule has 1 aliphatic heterocycles. The van der Waals surface area contributed by atoms with Gasteiger partial charge in [0.15, 0.2) is 0 Å². The first-order chi connectivity index (χ1) is 27.1. The van der Waals surface area contributed by atoms with Gasteiger partial charge in [0.1, 0.15) is 12.0 Å². The topological polar surface area (TPSA) is 87.6 Å². The van der Waals surface area contributed by atoms with Crippen LogP contribution in [0, 0.1) is 62.1 Å². The normalized spacial score (nSPS) is 43.8. The average molecular weight is 799 g/mol. The van der Waals surface area contributed by atoms with Gasteiger partial charge in [0.25, 0.3) is 0 Å². The Morgan fingerprint density at radius 1 is 1.02 bits per heavy atom. The lowest BCUT2D eigenvalue weighted by Gasteiger charge is -2.73. The van der Waals surface area contributed by atoms with Crippen LogP contribution in [0.3, 0.4) is 0 Å². The van der Waals surface area contributed by atoms with E-state index < -0.39 is 16.8 Å². The lowest BCUT2D eigenvalue weighted by atomic mass is 9.32. The Morgan fingerprint density at radius 3 is 2.51 bits per heavy atom. The molecule has 0 radical (unpaired) electrons. The van der Waals surface area contributed by atoms with Crippen molar-refractivity contribution >= 4 is 17.7 Å². The van der Waals surface area contributed by atoms with Crippen LogP contribution in [-0.4, -0.2) is 76.0 Å². The number of rotatable bonds is 11. The van der Waals surface area contributed by atoms with E-state index in [1.54, 1.807) is 18.3 Å². The van der Waals surface area contributed by atoms with Crippen molar-refractivity contribution in [3.8, 4) is 5.88 Å². The molecular weight excluding hydrogens is 725 g/mol. The quantitative estimate of drug-likeness (QED) is 0.214. The first-order valence-corrected chi connectivity index (χ1v) is 24.0. The van der Waals surface area contributed by atoms with E-state index in [-0.39, 0.29) is 33.8 Å². The maximum atomic E-state index is 13.8. The second kappa shape index (κ2) is 15.1. The zero-order valence-electron chi connectivity index (χ0n) is 36.5. The zero-order valence-corrected chi connectivity index (χ0v) is 37.3. The van der Waals surface area contributed by atoms with Gasteiger partial charge in [0, 0.05) is 60.9 Å². The van der Waals surface area contributed by atoms with Crippen molar-refractivity contribution in [1.29, 1.82) is 0 Å². The Balaban J connectivity index is 1.10. The first-order valence-electron chi connectivity index (χ1n) is 22.9. The van der Waals surface area contributed by atoms with E-state index in [1.807, 2.05) is 0 Å². The number of aromatic nitrogens is 2. The van der Waals surface area contributed by atoms with E-state index in [4.69, 9.17) is 4.74 Å². The Bertz CT molecular complexity index is 1740. The molecule has 11 atom stereocenters. The molecule has 0 amide bonds. The Labute approximate surface area is 349 Å². The monoisotopic (exact) mass is 799 g/mol. The molecule has 0 bridgehead atoms. The van der Waals surface area contributed by atoms with Crippen molar-refractivity contribution in [2.24, 2.45) is 62.1 Å². The van der Waals surface area contributed by atoms with E-state index in [0.29, 0.717) is 41.9 Å².